The van der Waals surface area contributed by atoms with Crippen molar-refractivity contribution in [3.63, 3.8) is 0 Å². The normalized spacial score (nSPS) is 15.4. The lowest BCUT2D eigenvalue weighted by Crippen LogP contribution is -2.27. The molecule has 1 aliphatic rings. The summed E-state index contributed by atoms with van der Waals surface area (Å²) >= 11 is 0. The molecule has 1 amide bonds. The third-order valence-corrected chi connectivity index (χ3v) is 8.15. The van der Waals surface area contributed by atoms with Crippen LogP contribution in [0.25, 0.3) is 0 Å². The first-order chi connectivity index (χ1) is 18.3. The molecule has 0 bridgehead atoms. The van der Waals surface area contributed by atoms with Crippen LogP contribution in [0.4, 0.5) is 0 Å². The molecule has 220 valence electrons. The molecular formula is C25H49NO9S2. The zero-order valence-corrected chi connectivity index (χ0v) is 24.3. The van der Waals surface area contributed by atoms with Crippen molar-refractivity contribution < 1.29 is 42.7 Å². The van der Waals surface area contributed by atoms with E-state index in [-0.39, 0.29) is 5.91 Å². The monoisotopic (exact) mass is 571 g/mol. The summed E-state index contributed by atoms with van der Waals surface area (Å²) in [5.74, 6) is 1.39. The van der Waals surface area contributed by atoms with Gasteiger partial charge >= 0.3 is 0 Å². The molecule has 1 fully saturated rings. The highest BCUT2D eigenvalue weighted by atomic mass is 33.1. The van der Waals surface area contributed by atoms with Crippen molar-refractivity contribution in [3.05, 3.63) is 0 Å². The Morgan fingerprint density at radius 2 is 1.14 bits per heavy atom. The number of nitrogens with one attached hydrogen (secondary N) is 1. The van der Waals surface area contributed by atoms with Crippen LogP contribution < -0.4 is 5.32 Å². The Hall–Kier alpha value is -0.150. The average Bonchev–Trinajstić information content (AvgIpc) is 3.43. The molecule has 1 saturated heterocycles. The minimum atomic E-state index is 0.114. The zero-order valence-electron chi connectivity index (χ0n) is 22.6. The van der Waals surface area contributed by atoms with E-state index in [1.165, 1.54) is 18.6 Å². The zero-order chi connectivity index (χ0) is 26.5. The molecule has 0 aliphatic carbocycles. The van der Waals surface area contributed by atoms with Crippen LogP contribution in [0.5, 0.6) is 0 Å². The standard InChI is InChI=1S/C25H49NO9S2/c1-28-9-10-30-13-14-32-17-18-34-21-22-35-20-19-33-16-15-31-12-11-29-8-7-26-25(27)5-3-2-4-24-6-23-36-37-24/h24H,2-23H2,1H3,(H,26,27). The van der Waals surface area contributed by atoms with Gasteiger partial charge in [-0.15, -0.1) is 0 Å². The van der Waals surface area contributed by atoms with Crippen LogP contribution in [0.15, 0.2) is 0 Å². The number of methoxy groups -OCH3 is 1. The first-order valence-corrected chi connectivity index (χ1v) is 15.8. The Morgan fingerprint density at radius 1 is 0.676 bits per heavy atom. The van der Waals surface area contributed by atoms with E-state index in [0.29, 0.717) is 112 Å². The Labute approximate surface area is 231 Å². The maximum absolute atomic E-state index is 11.8. The molecule has 10 nitrogen and oxygen atoms in total. The quantitative estimate of drug-likeness (QED) is 0.106. The van der Waals surface area contributed by atoms with Gasteiger partial charge in [0.25, 0.3) is 0 Å². The van der Waals surface area contributed by atoms with Gasteiger partial charge < -0.3 is 43.2 Å². The number of hydrogen-bond acceptors (Lipinski definition) is 11. The molecule has 0 aromatic rings. The molecule has 1 unspecified atom stereocenters. The van der Waals surface area contributed by atoms with E-state index in [1.807, 2.05) is 21.6 Å². The molecule has 1 rings (SSSR count). The van der Waals surface area contributed by atoms with Gasteiger partial charge in [0.1, 0.15) is 0 Å². The highest BCUT2D eigenvalue weighted by Crippen LogP contribution is 2.39. The van der Waals surface area contributed by atoms with Crippen LogP contribution in [0.1, 0.15) is 32.1 Å². The second-order valence-electron chi connectivity index (χ2n) is 8.20. The Kier molecular flexibility index (Phi) is 27.2. The summed E-state index contributed by atoms with van der Waals surface area (Å²) in [7, 11) is 5.62. The number of unbranched alkanes of at least 4 members (excludes halogenated alkanes) is 1. The van der Waals surface area contributed by atoms with Gasteiger partial charge in [-0.2, -0.15) is 0 Å². The van der Waals surface area contributed by atoms with Gasteiger partial charge in [-0.1, -0.05) is 28.0 Å². The van der Waals surface area contributed by atoms with E-state index >= 15 is 0 Å². The summed E-state index contributed by atoms with van der Waals surface area (Å²) in [6.07, 6.45) is 5.25. The van der Waals surface area contributed by atoms with Crippen molar-refractivity contribution in [3.8, 4) is 0 Å². The van der Waals surface area contributed by atoms with E-state index in [9.17, 15) is 4.79 Å². The van der Waals surface area contributed by atoms with Gasteiger partial charge in [0, 0.05) is 31.1 Å². The lowest BCUT2D eigenvalue weighted by Gasteiger charge is -2.09. The molecule has 0 radical (unpaired) electrons. The van der Waals surface area contributed by atoms with Crippen LogP contribution in [-0.4, -0.2) is 130 Å². The summed E-state index contributed by atoms with van der Waals surface area (Å²) in [4.78, 5) is 11.8. The fraction of sp³-hybridized carbons (Fsp3) is 0.960. The Balaban J connectivity index is 1.65. The molecule has 0 aromatic carbocycles. The SMILES string of the molecule is COCCOCCOCCOCCOCCOCCOCCOCCNC(=O)CCCCC1CCSS1. The topological polar surface area (TPSA) is 103 Å². The van der Waals surface area contributed by atoms with Gasteiger partial charge in [-0.3, -0.25) is 4.79 Å². The fourth-order valence-corrected chi connectivity index (χ4v) is 6.16. The lowest BCUT2D eigenvalue weighted by molar-refractivity contribution is -0.121. The smallest absolute Gasteiger partial charge is 0.220 e. The second-order valence-corrected chi connectivity index (χ2v) is 11.0. The number of hydrogen-bond donors (Lipinski definition) is 1. The van der Waals surface area contributed by atoms with E-state index < -0.39 is 0 Å². The number of carbonyl (C=O) groups excluding carboxylic acids is 1. The molecule has 1 atom stereocenters. The summed E-state index contributed by atoms with van der Waals surface area (Å²) in [6, 6.07) is 0. The van der Waals surface area contributed by atoms with Crippen LogP contribution in [0, 0.1) is 0 Å². The second kappa shape index (κ2) is 28.8. The molecular weight excluding hydrogens is 522 g/mol. The number of ether oxygens (including phenoxy) is 8. The Bertz CT molecular complexity index is 489. The molecule has 37 heavy (non-hydrogen) atoms. The van der Waals surface area contributed by atoms with Gasteiger partial charge in [0.05, 0.1) is 99.1 Å². The predicted molar refractivity (Wildman–Crippen MR) is 148 cm³/mol. The molecule has 0 spiro atoms. The van der Waals surface area contributed by atoms with Gasteiger partial charge in [0.2, 0.25) is 5.91 Å². The third kappa shape index (κ3) is 25.9. The van der Waals surface area contributed by atoms with Crippen molar-refractivity contribution in [1.29, 1.82) is 0 Å². The number of amides is 1. The lowest BCUT2D eigenvalue weighted by atomic mass is 10.1. The van der Waals surface area contributed by atoms with Crippen molar-refractivity contribution in [2.45, 2.75) is 37.4 Å². The maximum Gasteiger partial charge on any atom is 0.220 e. The molecule has 0 saturated carbocycles. The van der Waals surface area contributed by atoms with Crippen LogP contribution in [-0.2, 0) is 42.7 Å². The average molecular weight is 572 g/mol. The first-order valence-electron chi connectivity index (χ1n) is 13.4. The van der Waals surface area contributed by atoms with Crippen molar-refractivity contribution >= 4 is 27.5 Å². The number of carbonyl (C=O) groups is 1. The predicted octanol–water partition coefficient (Wildman–Crippen LogP) is 2.58. The molecule has 1 N–H and O–H groups in total. The van der Waals surface area contributed by atoms with Crippen LogP contribution >= 0.6 is 21.6 Å². The van der Waals surface area contributed by atoms with E-state index in [2.05, 4.69) is 5.32 Å². The summed E-state index contributed by atoms with van der Waals surface area (Å²) in [6.45, 7) is 8.54. The van der Waals surface area contributed by atoms with Crippen molar-refractivity contribution in [1.82, 2.24) is 5.32 Å². The highest BCUT2D eigenvalue weighted by molar-refractivity contribution is 8.77. The Morgan fingerprint density at radius 3 is 1.57 bits per heavy atom. The van der Waals surface area contributed by atoms with E-state index in [1.54, 1.807) is 7.11 Å². The molecule has 0 aromatic heterocycles. The van der Waals surface area contributed by atoms with Gasteiger partial charge in [-0.05, 0) is 19.3 Å². The van der Waals surface area contributed by atoms with Crippen LogP contribution in [0.2, 0.25) is 0 Å². The van der Waals surface area contributed by atoms with E-state index in [4.69, 9.17) is 37.9 Å². The molecule has 12 heteroatoms. The fourth-order valence-electron chi connectivity index (χ4n) is 3.14. The van der Waals surface area contributed by atoms with E-state index in [0.717, 1.165) is 18.1 Å². The highest BCUT2D eigenvalue weighted by Gasteiger charge is 2.15. The summed E-state index contributed by atoms with van der Waals surface area (Å²) in [5, 5.41) is 3.70. The minimum absolute atomic E-state index is 0.114. The maximum atomic E-state index is 11.8. The minimum Gasteiger partial charge on any atom is -0.382 e. The number of rotatable bonds is 29. The van der Waals surface area contributed by atoms with Gasteiger partial charge in [-0.25, -0.2) is 0 Å². The largest absolute Gasteiger partial charge is 0.382 e. The first kappa shape index (κ1) is 34.9. The molecule has 1 aliphatic heterocycles. The van der Waals surface area contributed by atoms with Crippen molar-refractivity contribution in [2.75, 3.05) is 119 Å². The van der Waals surface area contributed by atoms with Gasteiger partial charge in [0.15, 0.2) is 0 Å². The third-order valence-electron chi connectivity index (χ3n) is 5.14. The molecule has 1 heterocycles. The summed E-state index contributed by atoms with van der Waals surface area (Å²) in [5.41, 5.74) is 0. The summed E-state index contributed by atoms with van der Waals surface area (Å²) < 4.78 is 42.8. The van der Waals surface area contributed by atoms with Crippen molar-refractivity contribution in [2.24, 2.45) is 0 Å². The van der Waals surface area contributed by atoms with Crippen LogP contribution in [0.3, 0.4) is 0 Å².